The largest absolute Gasteiger partial charge is 0.488 e. The summed E-state index contributed by atoms with van der Waals surface area (Å²) in [5.74, 6) is 0.277. The first-order valence-corrected chi connectivity index (χ1v) is 6.89. The zero-order chi connectivity index (χ0) is 14.4. The topological polar surface area (TPSA) is 14.2 Å². The van der Waals surface area contributed by atoms with Gasteiger partial charge < -0.3 is 9.30 Å². The number of ether oxygens (including phenoxy) is 1. The number of halogens is 2. The second-order valence-electron chi connectivity index (χ2n) is 5.34. The van der Waals surface area contributed by atoms with Gasteiger partial charge in [0.1, 0.15) is 23.5 Å². The quantitative estimate of drug-likeness (QED) is 0.696. The van der Waals surface area contributed by atoms with Crippen LogP contribution in [0.1, 0.15) is 5.56 Å². The third-order valence-electron chi connectivity index (χ3n) is 3.92. The van der Waals surface area contributed by atoms with Crippen LogP contribution >= 0.6 is 0 Å². The lowest BCUT2D eigenvalue weighted by Crippen LogP contribution is -2.20. The molecule has 1 aromatic heterocycles. The highest BCUT2D eigenvalue weighted by molar-refractivity contribution is 5.80. The van der Waals surface area contributed by atoms with Crippen LogP contribution in [0.25, 0.3) is 10.9 Å². The van der Waals surface area contributed by atoms with Crippen molar-refractivity contribution in [3.8, 4) is 5.75 Å². The fraction of sp³-hybridized carbons (Fsp3) is 0.176. The first-order valence-electron chi connectivity index (χ1n) is 6.89. The van der Waals surface area contributed by atoms with Crippen molar-refractivity contribution in [2.24, 2.45) is 0 Å². The van der Waals surface area contributed by atoms with Crippen molar-refractivity contribution in [3.05, 3.63) is 65.9 Å². The molecule has 0 saturated heterocycles. The molecule has 4 heteroatoms. The van der Waals surface area contributed by atoms with Crippen molar-refractivity contribution < 1.29 is 13.5 Å². The average Bonchev–Trinajstić information content (AvgIpc) is 3.04. The summed E-state index contributed by atoms with van der Waals surface area (Å²) in [7, 11) is 0. The molecule has 0 saturated carbocycles. The molecule has 21 heavy (non-hydrogen) atoms. The van der Waals surface area contributed by atoms with Gasteiger partial charge in [-0.1, -0.05) is 6.07 Å². The first-order chi connectivity index (χ1) is 10.2. The zero-order valence-electron chi connectivity index (χ0n) is 11.2. The summed E-state index contributed by atoms with van der Waals surface area (Å²) < 4.78 is 34.7. The van der Waals surface area contributed by atoms with E-state index in [9.17, 15) is 8.78 Å². The van der Waals surface area contributed by atoms with E-state index in [1.165, 1.54) is 18.2 Å². The maximum Gasteiger partial charge on any atom is 0.132 e. The molecule has 0 N–H and O–H groups in total. The Morgan fingerprint density at radius 3 is 2.95 bits per heavy atom. The van der Waals surface area contributed by atoms with Gasteiger partial charge in [0.2, 0.25) is 0 Å². The van der Waals surface area contributed by atoms with Gasteiger partial charge in [-0.15, -0.1) is 0 Å². The summed E-state index contributed by atoms with van der Waals surface area (Å²) >= 11 is 0. The number of nitrogens with zero attached hydrogens (tertiary/aromatic N) is 1. The van der Waals surface area contributed by atoms with Gasteiger partial charge in [-0.05, 0) is 36.4 Å². The molecule has 0 radical (unpaired) electrons. The standard InChI is InChI=1S/C17H13F2NO/c18-12-4-5-17-11(8-12)9-13(21-17)10-20-7-6-14-15(19)2-1-3-16(14)20/h1-8,13H,9-10H2. The predicted octanol–water partition coefficient (Wildman–Crippen LogP) is 3.92. The van der Waals surface area contributed by atoms with Crippen LogP contribution in [-0.4, -0.2) is 10.7 Å². The fourth-order valence-corrected chi connectivity index (χ4v) is 2.96. The Kier molecular flexibility index (Phi) is 2.70. The van der Waals surface area contributed by atoms with Crippen LogP contribution in [0.15, 0.2) is 48.7 Å². The van der Waals surface area contributed by atoms with Gasteiger partial charge >= 0.3 is 0 Å². The van der Waals surface area contributed by atoms with E-state index in [0.717, 1.165) is 16.8 Å². The molecule has 0 aliphatic carbocycles. The molecular formula is C17H13F2NO. The summed E-state index contributed by atoms with van der Waals surface area (Å²) in [5, 5.41) is 0.610. The van der Waals surface area contributed by atoms with Crippen molar-refractivity contribution in [1.29, 1.82) is 0 Å². The van der Waals surface area contributed by atoms with E-state index >= 15 is 0 Å². The molecule has 2 nitrogen and oxygen atoms in total. The highest BCUT2D eigenvalue weighted by atomic mass is 19.1. The Morgan fingerprint density at radius 2 is 2.05 bits per heavy atom. The van der Waals surface area contributed by atoms with Gasteiger partial charge in [0, 0.05) is 23.6 Å². The molecule has 0 bridgehead atoms. The monoisotopic (exact) mass is 285 g/mol. The molecule has 106 valence electrons. The normalized spacial score (nSPS) is 17.0. The summed E-state index contributed by atoms with van der Waals surface area (Å²) in [6.45, 7) is 0.614. The summed E-state index contributed by atoms with van der Waals surface area (Å²) in [5.41, 5.74) is 1.74. The molecule has 2 heterocycles. The number of benzene rings is 2. The number of fused-ring (bicyclic) bond motifs is 2. The lowest BCUT2D eigenvalue weighted by molar-refractivity contribution is 0.211. The Labute approximate surface area is 120 Å². The molecule has 3 aromatic rings. The van der Waals surface area contributed by atoms with Crippen LogP contribution in [0, 0.1) is 11.6 Å². The van der Waals surface area contributed by atoms with Crippen LogP contribution in [-0.2, 0) is 13.0 Å². The SMILES string of the molecule is Fc1ccc2c(c1)CC(Cn1ccc3c(F)cccc31)O2. The summed E-state index contributed by atoms with van der Waals surface area (Å²) in [4.78, 5) is 0. The smallest absolute Gasteiger partial charge is 0.132 e. The fourth-order valence-electron chi connectivity index (χ4n) is 2.96. The zero-order valence-corrected chi connectivity index (χ0v) is 11.2. The molecule has 1 unspecified atom stereocenters. The summed E-state index contributed by atoms with van der Waals surface area (Å²) in [6, 6.07) is 11.4. The lowest BCUT2D eigenvalue weighted by Gasteiger charge is -2.12. The van der Waals surface area contributed by atoms with Gasteiger partial charge in [-0.25, -0.2) is 8.78 Å². The molecule has 0 fully saturated rings. The molecule has 2 aromatic carbocycles. The van der Waals surface area contributed by atoms with E-state index in [0.29, 0.717) is 18.4 Å². The lowest BCUT2D eigenvalue weighted by atomic mass is 10.1. The minimum atomic E-state index is -0.244. The van der Waals surface area contributed by atoms with Gasteiger partial charge in [-0.3, -0.25) is 0 Å². The predicted molar refractivity (Wildman–Crippen MR) is 76.4 cm³/mol. The maximum atomic E-state index is 13.7. The van der Waals surface area contributed by atoms with E-state index in [1.54, 1.807) is 18.2 Å². The van der Waals surface area contributed by atoms with E-state index in [2.05, 4.69) is 0 Å². The van der Waals surface area contributed by atoms with E-state index in [4.69, 9.17) is 4.74 Å². The highest BCUT2D eigenvalue weighted by Gasteiger charge is 2.24. The molecule has 1 aliphatic rings. The van der Waals surface area contributed by atoms with Gasteiger partial charge in [0.05, 0.1) is 12.1 Å². The molecule has 1 atom stereocenters. The Bertz CT molecular complexity index is 825. The third kappa shape index (κ3) is 2.07. The van der Waals surface area contributed by atoms with Crippen molar-refractivity contribution in [2.45, 2.75) is 19.1 Å². The van der Waals surface area contributed by atoms with E-state index in [-0.39, 0.29) is 17.7 Å². The number of aromatic nitrogens is 1. The maximum absolute atomic E-state index is 13.7. The van der Waals surface area contributed by atoms with Crippen LogP contribution in [0.4, 0.5) is 8.78 Å². The molecule has 0 amide bonds. The molecule has 0 spiro atoms. The molecule has 4 rings (SSSR count). The minimum absolute atomic E-state index is 0.0549. The Morgan fingerprint density at radius 1 is 1.14 bits per heavy atom. The van der Waals surface area contributed by atoms with Crippen LogP contribution in [0.5, 0.6) is 5.75 Å². The first kappa shape index (κ1) is 12.4. The van der Waals surface area contributed by atoms with E-state index < -0.39 is 0 Å². The number of hydrogen-bond donors (Lipinski definition) is 0. The third-order valence-corrected chi connectivity index (χ3v) is 3.92. The molecule has 1 aliphatic heterocycles. The van der Waals surface area contributed by atoms with Gasteiger partial charge in [0.25, 0.3) is 0 Å². The molecular weight excluding hydrogens is 272 g/mol. The second-order valence-corrected chi connectivity index (χ2v) is 5.34. The van der Waals surface area contributed by atoms with Crippen molar-refractivity contribution in [3.63, 3.8) is 0 Å². The Hall–Kier alpha value is -2.36. The van der Waals surface area contributed by atoms with Crippen LogP contribution < -0.4 is 4.74 Å². The Balaban J connectivity index is 1.61. The second kappa shape index (κ2) is 4.58. The van der Waals surface area contributed by atoms with E-state index in [1.807, 2.05) is 16.8 Å². The number of rotatable bonds is 2. The van der Waals surface area contributed by atoms with Crippen molar-refractivity contribution in [1.82, 2.24) is 4.57 Å². The van der Waals surface area contributed by atoms with Crippen LogP contribution in [0.3, 0.4) is 0 Å². The van der Waals surface area contributed by atoms with Crippen molar-refractivity contribution in [2.75, 3.05) is 0 Å². The average molecular weight is 285 g/mol. The summed E-state index contributed by atoms with van der Waals surface area (Å²) in [6.07, 6.45) is 2.48. The number of hydrogen-bond acceptors (Lipinski definition) is 1. The van der Waals surface area contributed by atoms with Crippen LogP contribution in [0.2, 0.25) is 0 Å². The van der Waals surface area contributed by atoms with Gasteiger partial charge in [-0.2, -0.15) is 0 Å². The van der Waals surface area contributed by atoms with Gasteiger partial charge in [0.15, 0.2) is 0 Å². The highest BCUT2D eigenvalue weighted by Crippen LogP contribution is 2.30. The minimum Gasteiger partial charge on any atom is -0.488 e. The van der Waals surface area contributed by atoms with Crippen molar-refractivity contribution >= 4 is 10.9 Å².